The SMILES string of the molecule is Cn1c([C@H]2CCS(=O)(=O)C2)nn(C[NH+]2CCCCC2)c1=S. The Morgan fingerprint density at radius 1 is 1.33 bits per heavy atom. The first-order chi connectivity index (χ1) is 9.96. The maximum atomic E-state index is 11.7. The maximum absolute atomic E-state index is 11.7. The predicted octanol–water partition coefficient (Wildman–Crippen LogP) is -0.121. The molecule has 118 valence electrons. The van der Waals surface area contributed by atoms with Gasteiger partial charge in [0.25, 0.3) is 0 Å². The molecule has 6 nitrogen and oxygen atoms in total. The van der Waals surface area contributed by atoms with Gasteiger partial charge < -0.3 is 9.47 Å². The first-order valence-electron chi connectivity index (χ1n) is 7.64. The van der Waals surface area contributed by atoms with E-state index in [9.17, 15) is 8.42 Å². The Kier molecular flexibility index (Phi) is 4.20. The van der Waals surface area contributed by atoms with Crippen LogP contribution in [0.15, 0.2) is 0 Å². The maximum Gasteiger partial charge on any atom is 0.202 e. The van der Waals surface area contributed by atoms with E-state index < -0.39 is 9.84 Å². The van der Waals surface area contributed by atoms with E-state index >= 15 is 0 Å². The van der Waals surface area contributed by atoms with Crippen molar-refractivity contribution in [2.45, 2.75) is 38.3 Å². The van der Waals surface area contributed by atoms with Crippen molar-refractivity contribution in [1.29, 1.82) is 0 Å². The fourth-order valence-corrected chi connectivity index (χ4v) is 5.32. The minimum atomic E-state index is -2.89. The highest BCUT2D eigenvalue weighted by molar-refractivity contribution is 7.91. The van der Waals surface area contributed by atoms with Crippen molar-refractivity contribution >= 4 is 22.1 Å². The van der Waals surface area contributed by atoms with Gasteiger partial charge in [-0.05, 0) is 37.9 Å². The molecule has 2 fully saturated rings. The largest absolute Gasteiger partial charge is 0.316 e. The van der Waals surface area contributed by atoms with E-state index in [1.165, 1.54) is 37.3 Å². The summed E-state index contributed by atoms with van der Waals surface area (Å²) < 4.78 is 27.8. The van der Waals surface area contributed by atoms with Gasteiger partial charge in [-0.2, -0.15) is 9.78 Å². The smallest absolute Gasteiger partial charge is 0.202 e. The molecule has 3 heterocycles. The number of likely N-dealkylation sites (tertiary alicyclic amines) is 1. The fourth-order valence-electron chi connectivity index (χ4n) is 3.38. The van der Waals surface area contributed by atoms with Crippen LogP contribution in [0.1, 0.15) is 37.4 Å². The van der Waals surface area contributed by atoms with Crippen molar-refractivity contribution in [3.8, 4) is 0 Å². The molecule has 0 saturated carbocycles. The fraction of sp³-hybridized carbons (Fsp3) is 0.846. The summed E-state index contributed by atoms with van der Waals surface area (Å²) >= 11 is 5.48. The van der Waals surface area contributed by atoms with Gasteiger partial charge in [-0.25, -0.2) is 8.42 Å². The van der Waals surface area contributed by atoms with Gasteiger partial charge in [0, 0.05) is 13.0 Å². The van der Waals surface area contributed by atoms with Crippen LogP contribution in [0.3, 0.4) is 0 Å². The van der Waals surface area contributed by atoms with Crippen molar-refractivity contribution in [2.24, 2.45) is 7.05 Å². The molecule has 0 unspecified atom stereocenters. The van der Waals surface area contributed by atoms with Gasteiger partial charge in [0.05, 0.1) is 24.6 Å². The summed E-state index contributed by atoms with van der Waals surface area (Å²) in [5.41, 5.74) is 0. The summed E-state index contributed by atoms with van der Waals surface area (Å²) in [6, 6.07) is 0. The van der Waals surface area contributed by atoms with Gasteiger partial charge in [-0.1, -0.05) is 0 Å². The Morgan fingerprint density at radius 3 is 2.67 bits per heavy atom. The number of aromatic nitrogens is 3. The Balaban J connectivity index is 1.80. The molecule has 0 bridgehead atoms. The van der Waals surface area contributed by atoms with Gasteiger partial charge in [0.2, 0.25) is 4.77 Å². The Labute approximate surface area is 130 Å². The Bertz CT molecular complexity index is 671. The lowest BCUT2D eigenvalue weighted by molar-refractivity contribution is -0.928. The average Bonchev–Trinajstić information content (AvgIpc) is 2.94. The summed E-state index contributed by atoms with van der Waals surface area (Å²) in [5.74, 6) is 1.31. The van der Waals surface area contributed by atoms with E-state index in [4.69, 9.17) is 12.2 Å². The molecule has 0 aromatic carbocycles. The van der Waals surface area contributed by atoms with Crippen LogP contribution in [0.25, 0.3) is 0 Å². The molecule has 1 aromatic rings. The standard InChI is InChI=1S/C13H22N4O2S2/c1-15-12(11-5-8-21(18,19)9-11)14-17(13(15)20)10-16-6-3-2-4-7-16/h11H,2-10H2,1H3/p+1/t11-/m0/s1. The Morgan fingerprint density at radius 2 is 2.05 bits per heavy atom. The molecule has 3 rings (SSSR count). The number of rotatable bonds is 3. The summed E-state index contributed by atoms with van der Waals surface area (Å²) in [6.07, 6.45) is 4.52. The molecule has 2 saturated heterocycles. The second-order valence-electron chi connectivity index (χ2n) is 6.27. The van der Waals surface area contributed by atoms with Crippen LogP contribution in [0.2, 0.25) is 0 Å². The second kappa shape index (κ2) is 5.81. The van der Waals surface area contributed by atoms with Crippen LogP contribution < -0.4 is 4.90 Å². The highest BCUT2D eigenvalue weighted by Gasteiger charge is 2.32. The van der Waals surface area contributed by atoms with Gasteiger partial charge >= 0.3 is 0 Å². The molecular weight excluding hydrogens is 308 g/mol. The van der Waals surface area contributed by atoms with Crippen molar-refractivity contribution in [2.75, 3.05) is 24.6 Å². The molecule has 8 heteroatoms. The van der Waals surface area contributed by atoms with E-state index in [1.807, 2.05) is 16.3 Å². The topological polar surface area (TPSA) is 61.3 Å². The van der Waals surface area contributed by atoms with Crippen molar-refractivity contribution in [1.82, 2.24) is 14.3 Å². The van der Waals surface area contributed by atoms with Gasteiger partial charge in [-0.15, -0.1) is 0 Å². The minimum Gasteiger partial charge on any atom is -0.316 e. The number of hydrogen-bond donors (Lipinski definition) is 1. The molecular formula is C13H23N4O2S2+. The molecule has 2 aliphatic heterocycles. The van der Waals surface area contributed by atoms with Crippen LogP contribution in [0, 0.1) is 4.77 Å². The van der Waals surface area contributed by atoms with Crippen LogP contribution in [-0.2, 0) is 23.6 Å². The third kappa shape index (κ3) is 3.22. The van der Waals surface area contributed by atoms with E-state index in [0.29, 0.717) is 11.2 Å². The molecule has 0 radical (unpaired) electrons. The quantitative estimate of drug-likeness (QED) is 0.785. The third-order valence-corrected chi connectivity index (χ3v) is 6.86. The first-order valence-corrected chi connectivity index (χ1v) is 9.87. The van der Waals surface area contributed by atoms with E-state index in [2.05, 4.69) is 5.10 Å². The highest BCUT2D eigenvalue weighted by Crippen LogP contribution is 2.27. The van der Waals surface area contributed by atoms with Gasteiger partial charge in [-0.3, -0.25) is 0 Å². The predicted molar refractivity (Wildman–Crippen MR) is 82.6 cm³/mol. The van der Waals surface area contributed by atoms with E-state index in [-0.39, 0.29) is 17.4 Å². The number of quaternary nitrogens is 1. The second-order valence-corrected chi connectivity index (χ2v) is 8.86. The number of sulfone groups is 1. The summed E-state index contributed by atoms with van der Waals surface area (Å²) in [7, 11) is -0.993. The lowest BCUT2D eigenvalue weighted by Crippen LogP contribution is -3.12. The average molecular weight is 331 g/mol. The van der Waals surface area contributed by atoms with Crippen LogP contribution in [0.4, 0.5) is 0 Å². The minimum absolute atomic E-state index is 0.000643. The summed E-state index contributed by atoms with van der Waals surface area (Å²) in [4.78, 5) is 1.51. The molecule has 0 amide bonds. The monoisotopic (exact) mass is 331 g/mol. The van der Waals surface area contributed by atoms with Crippen molar-refractivity contribution < 1.29 is 13.3 Å². The van der Waals surface area contributed by atoms with Crippen LogP contribution >= 0.6 is 12.2 Å². The van der Waals surface area contributed by atoms with Crippen LogP contribution in [-0.4, -0.2) is 47.4 Å². The zero-order valence-corrected chi connectivity index (χ0v) is 14.0. The van der Waals surface area contributed by atoms with Crippen molar-refractivity contribution in [3.05, 3.63) is 10.6 Å². The summed E-state index contributed by atoms with van der Waals surface area (Å²) in [6.45, 7) is 3.14. The molecule has 2 aliphatic rings. The molecule has 0 aliphatic carbocycles. The van der Waals surface area contributed by atoms with Crippen molar-refractivity contribution in [3.63, 3.8) is 0 Å². The third-order valence-electron chi connectivity index (χ3n) is 4.61. The molecule has 0 spiro atoms. The molecule has 1 atom stereocenters. The number of nitrogens with zero attached hydrogens (tertiary/aromatic N) is 3. The Hall–Kier alpha value is -0.730. The van der Waals surface area contributed by atoms with E-state index in [0.717, 1.165) is 12.5 Å². The lowest BCUT2D eigenvalue weighted by Gasteiger charge is -2.22. The number of hydrogen-bond acceptors (Lipinski definition) is 4. The highest BCUT2D eigenvalue weighted by atomic mass is 32.2. The molecule has 1 N–H and O–H groups in total. The normalized spacial score (nSPS) is 26.2. The number of piperidine rings is 1. The van der Waals surface area contributed by atoms with Gasteiger partial charge in [0.1, 0.15) is 5.82 Å². The lowest BCUT2D eigenvalue weighted by atomic mass is 10.1. The first kappa shape index (κ1) is 15.2. The zero-order valence-electron chi connectivity index (χ0n) is 12.4. The zero-order chi connectivity index (χ0) is 15.0. The van der Waals surface area contributed by atoms with Gasteiger partial charge in [0.15, 0.2) is 16.5 Å². The van der Waals surface area contributed by atoms with Crippen LogP contribution in [0.5, 0.6) is 0 Å². The number of nitrogens with one attached hydrogen (secondary N) is 1. The molecule has 1 aromatic heterocycles. The summed E-state index contributed by atoms with van der Waals surface area (Å²) in [5, 5.41) is 4.64. The molecule has 21 heavy (non-hydrogen) atoms. The van der Waals surface area contributed by atoms with E-state index in [1.54, 1.807) is 0 Å².